The number of carbonyl (C=O) groups is 1. The number of ketones is 1. The zero-order valence-corrected chi connectivity index (χ0v) is 8.62. The van der Waals surface area contributed by atoms with Gasteiger partial charge in [-0.25, -0.2) is 4.39 Å². The van der Waals surface area contributed by atoms with Crippen molar-refractivity contribution in [3.8, 4) is 0 Å². The summed E-state index contributed by atoms with van der Waals surface area (Å²) in [6.07, 6.45) is 2.50. The van der Waals surface area contributed by atoms with Crippen molar-refractivity contribution in [1.82, 2.24) is 4.98 Å². The smallest absolute Gasteiger partial charge is 0.168 e. The fraction of sp³-hybridized carbons (Fsp3) is 0.455. The minimum absolute atomic E-state index is 0.140. The van der Waals surface area contributed by atoms with Crippen molar-refractivity contribution >= 4 is 5.78 Å². The largest absolute Gasteiger partial charge is 0.294 e. The highest BCUT2D eigenvalue weighted by atomic mass is 19.1. The molecule has 2 nitrogen and oxygen atoms in total. The number of carbonyl (C=O) groups excluding carboxylic acids is 1. The van der Waals surface area contributed by atoms with Crippen LogP contribution in [0.15, 0.2) is 18.5 Å². The normalized spacial score (nSPS) is 12.9. The summed E-state index contributed by atoms with van der Waals surface area (Å²) in [5.74, 6) is -0.633. The Hall–Kier alpha value is -1.25. The van der Waals surface area contributed by atoms with Gasteiger partial charge >= 0.3 is 0 Å². The Balaban J connectivity index is 2.95. The van der Waals surface area contributed by atoms with Crippen LogP contribution < -0.4 is 0 Å². The predicted molar refractivity (Wildman–Crippen MR) is 52.5 cm³/mol. The zero-order chi connectivity index (χ0) is 10.7. The molecule has 0 aliphatic carbocycles. The van der Waals surface area contributed by atoms with Crippen LogP contribution in [0.1, 0.15) is 31.1 Å². The van der Waals surface area contributed by atoms with Crippen LogP contribution in [-0.4, -0.2) is 10.8 Å². The Morgan fingerprint density at radius 3 is 2.57 bits per heavy atom. The molecule has 1 aromatic heterocycles. The van der Waals surface area contributed by atoms with Gasteiger partial charge in [-0.1, -0.05) is 20.8 Å². The van der Waals surface area contributed by atoms with Crippen LogP contribution >= 0.6 is 0 Å². The number of Topliss-reactive ketones (excluding diaryl/α,β-unsaturated/α-hetero) is 1. The molecule has 0 aliphatic heterocycles. The average Bonchev–Trinajstić information content (AvgIpc) is 2.16. The van der Waals surface area contributed by atoms with Crippen LogP contribution in [0.4, 0.5) is 4.39 Å². The first-order valence-electron chi connectivity index (χ1n) is 4.67. The van der Waals surface area contributed by atoms with Crippen LogP contribution in [0.5, 0.6) is 0 Å². The summed E-state index contributed by atoms with van der Waals surface area (Å²) in [4.78, 5) is 15.3. The van der Waals surface area contributed by atoms with Crippen molar-refractivity contribution < 1.29 is 9.18 Å². The number of pyridine rings is 1. The van der Waals surface area contributed by atoms with Crippen molar-refractivity contribution in [3.63, 3.8) is 0 Å². The van der Waals surface area contributed by atoms with Gasteiger partial charge in [0.05, 0.1) is 11.8 Å². The second-order valence-electron chi connectivity index (χ2n) is 3.75. The van der Waals surface area contributed by atoms with Crippen molar-refractivity contribution in [3.05, 3.63) is 29.8 Å². The highest BCUT2D eigenvalue weighted by Crippen LogP contribution is 2.17. The lowest BCUT2D eigenvalue weighted by atomic mass is 9.90. The van der Waals surface area contributed by atoms with Crippen LogP contribution in [-0.2, 0) is 0 Å². The first-order valence-corrected chi connectivity index (χ1v) is 4.67. The van der Waals surface area contributed by atoms with E-state index in [9.17, 15) is 9.18 Å². The lowest BCUT2D eigenvalue weighted by Crippen LogP contribution is -2.18. The Labute approximate surface area is 83.2 Å². The van der Waals surface area contributed by atoms with E-state index in [0.717, 1.165) is 6.20 Å². The SMILES string of the molecule is CC(C)C(C)C(=O)c1ccncc1F. The van der Waals surface area contributed by atoms with E-state index in [1.807, 2.05) is 20.8 Å². The van der Waals surface area contributed by atoms with Gasteiger partial charge in [0.1, 0.15) is 0 Å². The maximum atomic E-state index is 13.2. The summed E-state index contributed by atoms with van der Waals surface area (Å²) < 4.78 is 13.2. The van der Waals surface area contributed by atoms with E-state index >= 15 is 0 Å². The fourth-order valence-electron chi connectivity index (χ4n) is 1.12. The third-order valence-electron chi connectivity index (χ3n) is 2.45. The summed E-state index contributed by atoms with van der Waals surface area (Å²) in [6, 6.07) is 1.43. The van der Waals surface area contributed by atoms with Gasteiger partial charge < -0.3 is 0 Å². The van der Waals surface area contributed by atoms with E-state index in [0.29, 0.717) is 0 Å². The van der Waals surface area contributed by atoms with Crippen molar-refractivity contribution in [2.24, 2.45) is 11.8 Å². The van der Waals surface area contributed by atoms with Crippen LogP contribution in [0.3, 0.4) is 0 Å². The maximum absolute atomic E-state index is 13.2. The topological polar surface area (TPSA) is 30.0 Å². The van der Waals surface area contributed by atoms with Gasteiger partial charge in [-0.15, -0.1) is 0 Å². The number of hydrogen-bond donors (Lipinski definition) is 0. The second-order valence-corrected chi connectivity index (χ2v) is 3.75. The van der Waals surface area contributed by atoms with E-state index in [4.69, 9.17) is 0 Å². The molecule has 1 unspecified atom stereocenters. The van der Waals surface area contributed by atoms with Crippen LogP contribution in [0.2, 0.25) is 0 Å². The van der Waals surface area contributed by atoms with Gasteiger partial charge in [0, 0.05) is 12.1 Å². The first kappa shape index (κ1) is 10.8. The van der Waals surface area contributed by atoms with Gasteiger partial charge in [0.2, 0.25) is 0 Å². The number of hydrogen-bond acceptors (Lipinski definition) is 2. The molecule has 1 heterocycles. The molecular formula is C11H14FNO. The minimum Gasteiger partial charge on any atom is -0.294 e. The minimum atomic E-state index is -0.537. The molecule has 1 rings (SSSR count). The Kier molecular flexibility index (Phi) is 3.33. The van der Waals surface area contributed by atoms with Gasteiger partial charge in [-0.05, 0) is 12.0 Å². The molecule has 0 aliphatic rings. The second kappa shape index (κ2) is 4.31. The maximum Gasteiger partial charge on any atom is 0.168 e. The van der Waals surface area contributed by atoms with Crippen molar-refractivity contribution in [2.75, 3.05) is 0 Å². The van der Waals surface area contributed by atoms with Gasteiger partial charge in [0.25, 0.3) is 0 Å². The zero-order valence-electron chi connectivity index (χ0n) is 8.62. The summed E-state index contributed by atoms with van der Waals surface area (Å²) in [5.41, 5.74) is 0.140. The van der Waals surface area contributed by atoms with Crippen molar-refractivity contribution in [1.29, 1.82) is 0 Å². The third kappa shape index (κ3) is 2.16. The van der Waals surface area contributed by atoms with Gasteiger partial charge in [0.15, 0.2) is 11.6 Å². The van der Waals surface area contributed by atoms with E-state index in [1.54, 1.807) is 0 Å². The molecule has 1 aromatic rings. The Bertz CT molecular complexity index is 336. The molecule has 0 saturated heterocycles. The molecule has 0 bridgehead atoms. The standard InChI is InChI=1S/C11H14FNO/c1-7(2)8(3)11(14)9-4-5-13-6-10(9)12/h4-8H,1-3H3. The van der Waals surface area contributed by atoms with Gasteiger partial charge in [-0.2, -0.15) is 0 Å². The van der Waals surface area contributed by atoms with E-state index in [2.05, 4.69) is 4.98 Å². The molecule has 0 aromatic carbocycles. The Morgan fingerprint density at radius 1 is 1.43 bits per heavy atom. The molecule has 0 N–H and O–H groups in total. The van der Waals surface area contributed by atoms with Crippen LogP contribution in [0.25, 0.3) is 0 Å². The summed E-state index contributed by atoms with van der Waals surface area (Å²) >= 11 is 0. The number of rotatable bonds is 3. The monoisotopic (exact) mass is 195 g/mol. The lowest BCUT2D eigenvalue weighted by molar-refractivity contribution is 0.0895. The molecule has 0 fully saturated rings. The van der Waals surface area contributed by atoms with E-state index < -0.39 is 5.82 Å². The van der Waals surface area contributed by atoms with Crippen molar-refractivity contribution in [2.45, 2.75) is 20.8 Å². The first-order chi connectivity index (χ1) is 6.54. The molecule has 0 amide bonds. The lowest BCUT2D eigenvalue weighted by Gasteiger charge is -2.14. The highest BCUT2D eigenvalue weighted by molar-refractivity contribution is 5.97. The predicted octanol–water partition coefficient (Wildman–Crippen LogP) is 2.70. The average molecular weight is 195 g/mol. The fourth-order valence-corrected chi connectivity index (χ4v) is 1.12. The number of nitrogens with zero attached hydrogens (tertiary/aromatic N) is 1. The molecule has 0 saturated carbocycles. The Morgan fingerprint density at radius 2 is 2.07 bits per heavy atom. The van der Waals surface area contributed by atoms with Crippen LogP contribution in [0, 0.1) is 17.7 Å². The molecule has 3 heteroatoms. The number of aromatic nitrogens is 1. The van der Waals surface area contributed by atoms with Gasteiger partial charge in [-0.3, -0.25) is 9.78 Å². The molecule has 14 heavy (non-hydrogen) atoms. The summed E-state index contributed by atoms with van der Waals surface area (Å²) in [5, 5.41) is 0. The molecule has 76 valence electrons. The summed E-state index contributed by atoms with van der Waals surface area (Å²) in [7, 11) is 0. The quantitative estimate of drug-likeness (QED) is 0.694. The molecule has 0 spiro atoms. The third-order valence-corrected chi connectivity index (χ3v) is 2.45. The number of halogens is 1. The van der Waals surface area contributed by atoms with E-state index in [-0.39, 0.29) is 23.2 Å². The highest BCUT2D eigenvalue weighted by Gasteiger charge is 2.20. The molecule has 1 atom stereocenters. The van der Waals surface area contributed by atoms with E-state index in [1.165, 1.54) is 12.3 Å². The molecule has 0 radical (unpaired) electrons. The summed E-state index contributed by atoms with van der Waals surface area (Å²) in [6.45, 7) is 5.70. The molecular weight excluding hydrogens is 181 g/mol.